The number of carbonyl (C=O) groups excluding carboxylic acids is 1. The minimum absolute atomic E-state index is 0.0990. The third-order valence-corrected chi connectivity index (χ3v) is 4.29. The van der Waals surface area contributed by atoms with Crippen LogP contribution in [0.4, 0.5) is 10.2 Å². The summed E-state index contributed by atoms with van der Waals surface area (Å²) in [4.78, 5) is 22.3. The fourth-order valence-electron chi connectivity index (χ4n) is 2.82. The SMILES string of the molecule is O=C(Cn1ccc([N+](=O)[O-])n1)NC(c1ccc(F)cc1)C1CCC1. The molecular weight excluding hydrogens is 315 g/mol. The van der Waals surface area contributed by atoms with Crippen LogP contribution in [0.5, 0.6) is 0 Å². The second-order valence-electron chi connectivity index (χ2n) is 5.92. The van der Waals surface area contributed by atoms with Crippen molar-refractivity contribution in [1.82, 2.24) is 15.1 Å². The van der Waals surface area contributed by atoms with Crippen molar-refractivity contribution >= 4 is 11.7 Å². The quantitative estimate of drug-likeness (QED) is 0.650. The van der Waals surface area contributed by atoms with Gasteiger partial charge in [-0.05, 0) is 41.4 Å². The number of halogens is 1. The molecule has 0 bridgehead atoms. The van der Waals surface area contributed by atoms with E-state index in [1.165, 1.54) is 29.1 Å². The van der Waals surface area contributed by atoms with Gasteiger partial charge in [-0.1, -0.05) is 18.6 Å². The van der Waals surface area contributed by atoms with E-state index in [4.69, 9.17) is 0 Å². The molecule has 1 atom stereocenters. The van der Waals surface area contributed by atoms with Crippen LogP contribution in [-0.4, -0.2) is 20.6 Å². The van der Waals surface area contributed by atoms with Gasteiger partial charge in [0.15, 0.2) is 0 Å². The molecule has 1 aromatic carbocycles. The highest BCUT2D eigenvalue weighted by Gasteiger charge is 2.30. The van der Waals surface area contributed by atoms with Gasteiger partial charge in [-0.3, -0.25) is 4.79 Å². The lowest BCUT2D eigenvalue weighted by Gasteiger charge is -2.34. The topological polar surface area (TPSA) is 90.1 Å². The maximum Gasteiger partial charge on any atom is 0.389 e. The van der Waals surface area contributed by atoms with E-state index in [0.717, 1.165) is 24.8 Å². The Kier molecular flexibility index (Phi) is 4.54. The molecule has 2 aromatic rings. The highest BCUT2D eigenvalue weighted by atomic mass is 19.1. The molecule has 1 aromatic heterocycles. The van der Waals surface area contributed by atoms with Crippen molar-refractivity contribution in [2.45, 2.75) is 31.8 Å². The predicted molar refractivity (Wildman–Crippen MR) is 83.5 cm³/mol. The van der Waals surface area contributed by atoms with Gasteiger partial charge in [0.2, 0.25) is 5.91 Å². The first-order valence-corrected chi connectivity index (χ1v) is 7.75. The van der Waals surface area contributed by atoms with Crippen molar-refractivity contribution in [3.8, 4) is 0 Å². The fraction of sp³-hybridized carbons (Fsp3) is 0.375. The summed E-state index contributed by atoms with van der Waals surface area (Å²) in [6.07, 6.45) is 4.53. The van der Waals surface area contributed by atoms with Crippen LogP contribution >= 0.6 is 0 Å². The van der Waals surface area contributed by atoms with Gasteiger partial charge in [0.05, 0.1) is 23.4 Å². The maximum atomic E-state index is 13.1. The molecule has 8 heteroatoms. The van der Waals surface area contributed by atoms with E-state index in [-0.39, 0.29) is 30.1 Å². The molecule has 1 fully saturated rings. The molecule has 3 rings (SSSR count). The molecule has 1 N–H and O–H groups in total. The van der Waals surface area contributed by atoms with Gasteiger partial charge in [-0.15, -0.1) is 0 Å². The van der Waals surface area contributed by atoms with Crippen molar-refractivity contribution < 1.29 is 14.1 Å². The zero-order chi connectivity index (χ0) is 17.1. The Balaban J connectivity index is 1.68. The average Bonchev–Trinajstić information content (AvgIpc) is 2.94. The van der Waals surface area contributed by atoms with E-state index < -0.39 is 4.92 Å². The number of amides is 1. The van der Waals surface area contributed by atoms with Gasteiger partial charge in [0.25, 0.3) is 0 Å². The van der Waals surface area contributed by atoms with E-state index in [1.54, 1.807) is 12.1 Å². The highest BCUT2D eigenvalue weighted by Crippen LogP contribution is 2.37. The summed E-state index contributed by atoms with van der Waals surface area (Å²) in [5, 5.41) is 17.3. The van der Waals surface area contributed by atoms with Crippen LogP contribution in [0.25, 0.3) is 0 Å². The van der Waals surface area contributed by atoms with Crippen LogP contribution in [0.2, 0.25) is 0 Å². The Morgan fingerprint density at radius 3 is 2.62 bits per heavy atom. The summed E-state index contributed by atoms with van der Waals surface area (Å²) in [6, 6.07) is 7.18. The van der Waals surface area contributed by atoms with Crippen molar-refractivity contribution in [2.75, 3.05) is 0 Å². The van der Waals surface area contributed by atoms with Gasteiger partial charge in [0.1, 0.15) is 12.4 Å². The lowest BCUT2D eigenvalue weighted by Crippen LogP contribution is -2.38. The number of hydrogen-bond donors (Lipinski definition) is 1. The maximum absolute atomic E-state index is 13.1. The molecule has 7 nitrogen and oxygen atoms in total. The van der Waals surface area contributed by atoms with Crippen LogP contribution in [0.1, 0.15) is 30.9 Å². The number of rotatable bonds is 6. The molecule has 24 heavy (non-hydrogen) atoms. The zero-order valence-corrected chi connectivity index (χ0v) is 12.9. The molecule has 1 aliphatic carbocycles. The molecule has 126 valence electrons. The molecule has 1 amide bonds. The second kappa shape index (κ2) is 6.77. The van der Waals surface area contributed by atoms with E-state index in [0.29, 0.717) is 5.92 Å². The van der Waals surface area contributed by atoms with Crippen molar-refractivity contribution in [1.29, 1.82) is 0 Å². The first-order valence-electron chi connectivity index (χ1n) is 7.75. The van der Waals surface area contributed by atoms with Crippen LogP contribution in [0.15, 0.2) is 36.5 Å². The Bertz CT molecular complexity index is 740. The van der Waals surface area contributed by atoms with Gasteiger partial charge in [0, 0.05) is 0 Å². The van der Waals surface area contributed by atoms with E-state index in [1.807, 2.05) is 0 Å². The minimum Gasteiger partial charge on any atom is -0.358 e. The molecule has 1 heterocycles. The van der Waals surface area contributed by atoms with Crippen LogP contribution in [0, 0.1) is 21.8 Å². The summed E-state index contributed by atoms with van der Waals surface area (Å²) >= 11 is 0. The average molecular weight is 332 g/mol. The van der Waals surface area contributed by atoms with Crippen LogP contribution in [-0.2, 0) is 11.3 Å². The molecule has 1 aliphatic rings. The molecule has 0 aliphatic heterocycles. The third-order valence-electron chi connectivity index (χ3n) is 4.29. The summed E-state index contributed by atoms with van der Waals surface area (Å²) in [7, 11) is 0. The van der Waals surface area contributed by atoms with E-state index >= 15 is 0 Å². The first-order chi connectivity index (χ1) is 11.5. The Morgan fingerprint density at radius 2 is 2.08 bits per heavy atom. The Morgan fingerprint density at radius 1 is 1.38 bits per heavy atom. The smallest absolute Gasteiger partial charge is 0.358 e. The summed E-state index contributed by atoms with van der Waals surface area (Å²) in [5.41, 5.74) is 0.862. The van der Waals surface area contributed by atoms with E-state index in [2.05, 4.69) is 10.4 Å². The summed E-state index contributed by atoms with van der Waals surface area (Å²) in [6.45, 7) is -0.0990. The van der Waals surface area contributed by atoms with Crippen molar-refractivity contribution in [3.63, 3.8) is 0 Å². The number of carbonyl (C=O) groups is 1. The van der Waals surface area contributed by atoms with E-state index in [9.17, 15) is 19.3 Å². The number of nitro groups is 1. The van der Waals surface area contributed by atoms with Crippen LogP contribution < -0.4 is 5.32 Å². The second-order valence-corrected chi connectivity index (χ2v) is 5.92. The molecule has 0 spiro atoms. The van der Waals surface area contributed by atoms with Crippen molar-refractivity contribution in [2.24, 2.45) is 5.92 Å². The number of hydrogen-bond acceptors (Lipinski definition) is 4. The monoisotopic (exact) mass is 332 g/mol. The first kappa shape index (κ1) is 16.1. The molecule has 1 saturated carbocycles. The third kappa shape index (κ3) is 3.58. The van der Waals surface area contributed by atoms with Gasteiger partial charge in [-0.2, -0.15) is 4.68 Å². The van der Waals surface area contributed by atoms with Gasteiger partial charge >= 0.3 is 5.82 Å². The predicted octanol–water partition coefficient (Wildman–Crippen LogP) is 2.59. The minimum atomic E-state index is -0.607. The Labute approximate surface area is 137 Å². The molecule has 0 radical (unpaired) electrons. The number of aromatic nitrogens is 2. The lowest BCUT2D eigenvalue weighted by molar-refractivity contribution is -0.389. The van der Waals surface area contributed by atoms with Gasteiger partial charge < -0.3 is 15.4 Å². The normalized spacial score (nSPS) is 15.5. The van der Waals surface area contributed by atoms with Crippen molar-refractivity contribution in [3.05, 3.63) is 58.0 Å². The molecular formula is C16H17FN4O3. The largest absolute Gasteiger partial charge is 0.389 e. The molecule has 1 unspecified atom stereocenters. The number of benzene rings is 1. The zero-order valence-electron chi connectivity index (χ0n) is 12.9. The van der Waals surface area contributed by atoms with Gasteiger partial charge in [-0.25, -0.2) is 4.39 Å². The summed E-state index contributed by atoms with van der Waals surface area (Å²) < 4.78 is 14.3. The summed E-state index contributed by atoms with van der Waals surface area (Å²) in [5.74, 6) is -0.571. The fourth-order valence-corrected chi connectivity index (χ4v) is 2.82. The standard InChI is InChI=1S/C16H17FN4O3/c17-13-6-4-12(5-7-13)16(11-2-1-3-11)18-15(22)10-20-9-8-14(19-20)21(23)24/h4-9,11,16H,1-3,10H2,(H,18,22). The highest BCUT2D eigenvalue weighted by molar-refractivity contribution is 5.76. The Hall–Kier alpha value is -2.77. The van der Waals surface area contributed by atoms with Crippen LogP contribution in [0.3, 0.4) is 0 Å². The molecule has 0 saturated heterocycles. The number of nitrogens with one attached hydrogen (secondary N) is 1. The lowest BCUT2D eigenvalue weighted by atomic mass is 9.77. The number of nitrogens with zero attached hydrogens (tertiary/aromatic N) is 3.